The third-order valence-electron chi connectivity index (χ3n) is 6.97. The van der Waals surface area contributed by atoms with Gasteiger partial charge in [-0.25, -0.2) is 8.78 Å². The van der Waals surface area contributed by atoms with Gasteiger partial charge < -0.3 is 20.8 Å². The molecule has 0 bridgehead atoms. The lowest BCUT2D eigenvalue weighted by Gasteiger charge is -2.42. The summed E-state index contributed by atoms with van der Waals surface area (Å²) in [5.74, 6) is -1.74. The summed E-state index contributed by atoms with van der Waals surface area (Å²) in [6.45, 7) is 8.00. The summed E-state index contributed by atoms with van der Waals surface area (Å²) >= 11 is 0. The van der Waals surface area contributed by atoms with Gasteiger partial charge in [0, 0.05) is 25.1 Å². The Kier molecular flexibility index (Phi) is 8.67. The van der Waals surface area contributed by atoms with Gasteiger partial charge in [0.15, 0.2) is 0 Å². The average Bonchev–Trinajstić information content (AvgIpc) is 2.77. The molecule has 2 aromatic rings. The van der Waals surface area contributed by atoms with Crippen LogP contribution >= 0.6 is 0 Å². The molecule has 0 spiro atoms. The maximum absolute atomic E-state index is 13.7. The number of aliphatic hydroxyl groups is 2. The molecular formula is C28H38F2N2O3. The molecule has 4 N–H and O–H groups in total. The van der Waals surface area contributed by atoms with Crippen LogP contribution in [0.3, 0.4) is 0 Å². The normalized spacial score (nSPS) is 22.5. The molecule has 1 fully saturated rings. The lowest BCUT2D eigenvalue weighted by molar-refractivity contribution is -0.120. The molecule has 192 valence electrons. The zero-order chi connectivity index (χ0) is 25.8. The molecular weight excluding hydrogens is 450 g/mol. The van der Waals surface area contributed by atoms with Gasteiger partial charge in [-0.2, -0.15) is 0 Å². The van der Waals surface area contributed by atoms with Crippen LogP contribution in [0.1, 0.15) is 70.1 Å². The van der Waals surface area contributed by atoms with Crippen LogP contribution in [0.2, 0.25) is 0 Å². The number of carbonyl (C=O) groups excluding carboxylic acids is 1. The Morgan fingerprint density at radius 3 is 2.31 bits per heavy atom. The van der Waals surface area contributed by atoms with Crippen molar-refractivity contribution in [1.29, 1.82) is 0 Å². The second-order valence-electron chi connectivity index (χ2n) is 10.9. The van der Waals surface area contributed by atoms with Crippen molar-refractivity contribution < 1.29 is 23.8 Å². The Morgan fingerprint density at radius 2 is 1.74 bits per heavy atom. The first kappa shape index (κ1) is 27.2. The van der Waals surface area contributed by atoms with Crippen molar-refractivity contribution in [2.45, 2.75) is 89.0 Å². The molecule has 2 unspecified atom stereocenters. The van der Waals surface area contributed by atoms with Crippen molar-refractivity contribution in [3.05, 3.63) is 70.8 Å². The fraction of sp³-hybridized carbons (Fsp3) is 0.536. The van der Waals surface area contributed by atoms with Gasteiger partial charge in [-0.15, -0.1) is 0 Å². The molecule has 1 saturated carbocycles. The monoisotopic (exact) mass is 488 g/mol. The molecule has 0 aliphatic heterocycles. The van der Waals surface area contributed by atoms with Gasteiger partial charge in [-0.1, -0.05) is 45.0 Å². The number of benzene rings is 2. The molecule has 0 heterocycles. The number of nitrogens with one attached hydrogen (secondary N) is 2. The molecule has 1 aliphatic carbocycles. The lowest BCUT2D eigenvalue weighted by atomic mass is 9.74. The summed E-state index contributed by atoms with van der Waals surface area (Å²) in [5, 5.41) is 27.5. The molecule has 0 saturated heterocycles. The Hall–Kier alpha value is -2.35. The fourth-order valence-electron chi connectivity index (χ4n) is 4.92. The minimum atomic E-state index is -1.00. The molecule has 5 nitrogen and oxygen atoms in total. The maximum atomic E-state index is 13.7. The Balaban J connectivity index is 1.82. The first-order valence-corrected chi connectivity index (χ1v) is 12.3. The topological polar surface area (TPSA) is 81.6 Å². The number of amides is 1. The van der Waals surface area contributed by atoms with Crippen LogP contribution in [0.15, 0.2) is 42.5 Å². The fourth-order valence-corrected chi connectivity index (χ4v) is 4.92. The molecule has 0 aromatic heterocycles. The van der Waals surface area contributed by atoms with Gasteiger partial charge in [0.25, 0.3) is 0 Å². The second kappa shape index (κ2) is 11.1. The summed E-state index contributed by atoms with van der Waals surface area (Å²) in [5.41, 5.74) is 2.20. The smallest absolute Gasteiger partial charge is 0.217 e. The summed E-state index contributed by atoms with van der Waals surface area (Å²) in [6, 6.07) is 10.9. The van der Waals surface area contributed by atoms with Crippen LogP contribution in [0.25, 0.3) is 0 Å². The minimum Gasteiger partial charge on any atom is -0.393 e. The van der Waals surface area contributed by atoms with Crippen LogP contribution < -0.4 is 10.6 Å². The van der Waals surface area contributed by atoms with E-state index in [9.17, 15) is 23.8 Å². The van der Waals surface area contributed by atoms with E-state index in [0.29, 0.717) is 31.2 Å². The molecule has 1 aliphatic rings. The first-order chi connectivity index (χ1) is 16.4. The number of rotatable bonds is 8. The van der Waals surface area contributed by atoms with Crippen LogP contribution in [-0.4, -0.2) is 40.9 Å². The van der Waals surface area contributed by atoms with Crippen molar-refractivity contribution in [3.63, 3.8) is 0 Å². The second-order valence-corrected chi connectivity index (χ2v) is 10.9. The van der Waals surface area contributed by atoms with Gasteiger partial charge in [0.1, 0.15) is 11.6 Å². The van der Waals surface area contributed by atoms with Gasteiger partial charge in [-0.3, -0.25) is 4.79 Å². The third kappa shape index (κ3) is 7.32. The van der Waals surface area contributed by atoms with E-state index in [2.05, 4.69) is 49.6 Å². The highest BCUT2D eigenvalue weighted by Crippen LogP contribution is 2.39. The van der Waals surface area contributed by atoms with E-state index >= 15 is 0 Å². The highest BCUT2D eigenvalue weighted by molar-refractivity contribution is 5.73. The van der Waals surface area contributed by atoms with Crippen LogP contribution in [-0.2, 0) is 22.2 Å². The van der Waals surface area contributed by atoms with Crippen LogP contribution in [0, 0.1) is 11.6 Å². The van der Waals surface area contributed by atoms with Crippen molar-refractivity contribution in [2.24, 2.45) is 0 Å². The van der Waals surface area contributed by atoms with Crippen LogP contribution in [0.5, 0.6) is 0 Å². The van der Waals surface area contributed by atoms with E-state index in [-0.39, 0.29) is 30.4 Å². The summed E-state index contributed by atoms with van der Waals surface area (Å²) in [6.07, 6.45) is 1.42. The summed E-state index contributed by atoms with van der Waals surface area (Å²) < 4.78 is 27.4. The standard InChI is InChI=1S/C28H38F2N2O3/c1-18(33)32-25(14-19-12-22(29)16-23(30)13-19)26(35)17-31-28(10-8-24(34)9-11-28)21-7-5-6-20(15-21)27(2,3)4/h5-7,12-13,15-16,24-26,31,34-35H,8-11,14,17H2,1-4H3,(H,32,33). The number of aliphatic hydroxyl groups excluding tert-OH is 2. The number of carbonyl (C=O) groups is 1. The molecule has 35 heavy (non-hydrogen) atoms. The van der Waals surface area contributed by atoms with Crippen molar-refractivity contribution in [1.82, 2.24) is 10.6 Å². The van der Waals surface area contributed by atoms with Gasteiger partial charge in [0.2, 0.25) is 5.91 Å². The van der Waals surface area contributed by atoms with E-state index in [1.807, 2.05) is 6.07 Å². The molecule has 2 aromatic carbocycles. The maximum Gasteiger partial charge on any atom is 0.217 e. The number of hydrogen-bond acceptors (Lipinski definition) is 4. The summed E-state index contributed by atoms with van der Waals surface area (Å²) in [7, 11) is 0. The predicted octanol–water partition coefficient (Wildman–Crippen LogP) is 4.09. The van der Waals surface area contributed by atoms with E-state index in [1.165, 1.54) is 24.6 Å². The van der Waals surface area contributed by atoms with E-state index in [1.54, 1.807) is 0 Å². The van der Waals surface area contributed by atoms with Crippen molar-refractivity contribution in [2.75, 3.05) is 6.54 Å². The average molecular weight is 489 g/mol. The van der Waals surface area contributed by atoms with Crippen molar-refractivity contribution in [3.8, 4) is 0 Å². The molecule has 7 heteroatoms. The zero-order valence-corrected chi connectivity index (χ0v) is 21.1. The molecule has 2 atom stereocenters. The first-order valence-electron chi connectivity index (χ1n) is 12.3. The molecule has 0 radical (unpaired) electrons. The summed E-state index contributed by atoms with van der Waals surface area (Å²) in [4.78, 5) is 11.8. The van der Waals surface area contributed by atoms with Gasteiger partial charge in [0.05, 0.1) is 18.2 Å². The van der Waals surface area contributed by atoms with E-state index in [0.717, 1.165) is 11.6 Å². The van der Waals surface area contributed by atoms with E-state index < -0.39 is 29.3 Å². The zero-order valence-electron chi connectivity index (χ0n) is 21.1. The Bertz CT molecular complexity index is 993. The quantitative estimate of drug-likeness (QED) is 0.451. The highest BCUT2D eigenvalue weighted by atomic mass is 19.1. The predicted molar refractivity (Wildman–Crippen MR) is 133 cm³/mol. The Morgan fingerprint density at radius 1 is 1.11 bits per heavy atom. The molecule has 3 rings (SSSR count). The number of halogens is 2. The number of hydrogen-bond donors (Lipinski definition) is 4. The third-order valence-corrected chi connectivity index (χ3v) is 6.97. The highest BCUT2D eigenvalue weighted by Gasteiger charge is 2.37. The largest absolute Gasteiger partial charge is 0.393 e. The molecule has 1 amide bonds. The van der Waals surface area contributed by atoms with Gasteiger partial charge >= 0.3 is 0 Å². The SMILES string of the molecule is CC(=O)NC(Cc1cc(F)cc(F)c1)C(O)CNC1(c2cccc(C(C)(C)C)c2)CCC(O)CC1. The van der Waals surface area contributed by atoms with Gasteiger partial charge in [-0.05, 0) is 66.3 Å². The lowest BCUT2D eigenvalue weighted by Crippen LogP contribution is -2.53. The van der Waals surface area contributed by atoms with E-state index in [4.69, 9.17) is 0 Å². The van der Waals surface area contributed by atoms with Crippen molar-refractivity contribution >= 4 is 5.91 Å². The minimum absolute atomic E-state index is 0.0262. The van der Waals surface area contributed by atoms with Crippen LogP contribution in [0.4, 0.5) is 8.78 Å². The Labute approximate surface area is 207 Å².